The van der Waals surface area contributed by atoms with Gasteiger partial charge in [0.2, 0.25) is 5.69 Å². The minimum absolute atomic E-state index is 0.0994. The number of aromatic nitrogens is 2. The molecule has 3 rings (SSSR count). The molecule has 0 atom stereocenters. The molecule has 1 amide bonds. The van der Waals surface area contributed by atoms with Crippen LogP contribution in [-0.2, 0) is 0 Å². The van der Waals surface area contributed by atoms with Crippen molar-refractivity contribution in [1.29, 1.82) is 0 Å². The maximum absolute atomic E-state index is 12.6. The minimum Gasteiger partial charge on any atom is -0.395 e. The Morgan fingerprint density at radius 3 is 2.67 bits per heavy atom. The van der Waals surface area contributed by atoms with Crippen molar-refractivity contribution in [2.24, 2.45) is 0 Å². The molecular weight excluding hydrogens is 306 g/mol. The number of amides is 1. The molecular formula is C17H19N5O2. The summed E-state index contributed by atoms with van der Waals surface area (Å²) in [6.45, 7) is 10.8. The fourth-order valence-corrected chi connectivity index (χ4v) is 2.80. The zero-order valence-corrected chi connectivity index (χ0v) is 13.3. The molecule has 0 unspecified atom stereocenters. The lowest BCUT2D eigenvalue weighted by Crippen LogP contribution is -2.49. The van der Waals surface area contributed by atoms with E-state index in [2.05, 4.69) is 14.8 Å². The molecule has 7 heteroatoms. The van der Waals surface area contributed by atoms with Crippen molar-refractivity contribution in [2.45, 2.75) is 0 Å². The number of para-hydroxylation sites is 2. The van der Waals surface area contributed by atoms with Crippen molar-refractivity contribution >= 4 is 11.6 Å². The summed E-state index contributed by atoms with van der Waals surface area (Å²) >= 11 is 0. The molecule has 0 bridgehead atoms. The average molecular weight is 325 g/mol. The molecule has 2 aromatic rings. The number of piperazine rings is 1. The third-order valence-corrected chi connectivity index (χ3v) is 4.13. The first-order chi connectivity index (χ1) is 11.7. The predicted octanol–water partition coefficient (Wildman–Crippen LogP) is 1.17. The van der Waals surface area contributed by atoms with E-state index >= 15 is 0 Å². The predicted molar refractivity (Wildman–Crippen MR) is 89.3 cm³/mol. The van der Waals surface area contributed by atoms with Gasteiger partial charge in [-0.05, 0) is 12.1 Å². The Morgan fingerprint density at radius 2 is 1.96 bits per heavy atom. The molecule has 1 aliphatic heterocycles. The maximum Gasteiger partial charge on any atom is 0.274 e. The van der Waals surface area contributed by atoms with Gasteiger partial charge in [-0.1, -0.05) is 18.2 Å². The number of aliphatic hydroxyl groups is 1. The number of β-amino-alcohol motifs (C(OH)–C–C–N with tert-alkyl or cyclic N) is 1. The summed E-state index contributed by atoms with van der Waals surface area (Å²) in [5.74, 6) is -0.0994. The Labute approximate surface area is 140 Å². The van der Waals surface area contributed by atoms with Crippen LogP contribution in [0.3, 0.4) is 0 Å². The summed E-state index contributed by atoms with van der Waals surface area (Å²) < 4.78 is 1.57. The second kappa shape index (κ2) is 7.25. The number of carbonyl (C=O) groups excluding carboxylic acids is 1. The van der Waals surface area contributed by atoms with Crippen LogP contribution in [0.4, 0.5) is 5.69 Å². The molecule has 0 aliphatic carbocycles. The quantitative estimate of drug-likeness (QED) is 0.857. The van der Waals surface area contributed by atoms with E-state index in [0.717, 1.165) is 13.1 Å². The molecule has 124 valence electrons. The second-order valence-corrected chi connectivity index (χ2v) is 5.60. The summed E-state index contributed by atoms with van der Waals surface area (Å²) in [5, 5.41) is 13.3. The standard InChI is InChI=1S/C17H19N5O2/c1-18-14-4-2-3-5-16(14)22-7-6-15(19-22)17(24)21-10-8-20(9-11-21)12-13-23/h2-7,23H,8-13H2. The van der Waals surface area contributed by atoms with Gasteiger partial charge < -0.3 is 10.0 Å². The molecule has 1 N–H and O–H groups in total. The van der Waals surface area contributed by atoms with Crippen LogP contribution in [0, 0.1) is 6.57 Å². The van der Waals surface area contributed by atoms with Crippen LogP contribution >= 0.6 is 0 Å². The van der Waals surface area contributed by atoms with Crippen molar-refractivity contribution < 1.29 is 9.90 Å². The van der Waals surface area contributed by atoms with Gasteiger partial charge in [0.1, 0.15) is 0 Å². The zero-order chi connectivity index (χ0) is 16.9. The molecule has 0 saturated carbocycles. The number of aliphatic hydroxyl groups excluding tert-OH is 1. The monoisotopic (exact) mass is 325 g/mol. The Kier molecular flexibility index (Phi) is 4.89. The summed E-state index contributed by atoms with van der Waals surface area (Å²) in [6, 6.07) is 8.86. The summed E-state index contributed by atoms with van der Waals surface area (Å²) in [4.78, 5) is 20.0. The Bertz CT molecular complexity index is 756. The molecule has 1 saturated heterocycles. The first-order valence-corrected chi connectivity index (χ1v) is 7.88. The summed E-state index contributed by atoms with van der Waals surface area (Å²) in [5.41, 5.74) is 1.54. The van der Waals surface area contributed by atoms with Gasteiger partial charge in [0.25, 0.3) is 5.91 Å². The first-order valence-electron chi connectivity index (χ1n) is 7.88. The largest absolute Gasteiger partial charge is 0.395 e. The lowest BCUT2D eigenvalue weighted by Gasteiger charge is -2.33. The lowest BCUT2D eigenvalue weighted by atomic mass is 10.3. The number of hydrogen-bond acceptors (Lipinski definition) is 4. The van der Waals surface area contributed by atoms with Gasteiger partial charge in [0, 0.05) is 38.9 Å². The van der Waals surface area contributed by atoms with Crippen LogP contribution < -0.4 is 0 Å². The molecule has 1 aromatic carbocycles. The van der Waals surface area contributed by atoms with Crippen molar-refractivity contribution in [3.8, 4) is 5.69 Å². The smallest absolute Gasteiger partial charge is 0.274 e. The lowest BCUT2D eigenvalue weighted by molar-refractivity contribution is 0.0609. The van der Waals surface area contributed by atoms with E-state index < -0.39 is 0 Å². The van der Waals surface area contributed by atoms with E-state index in [9.17, 15) is 4.79 Å². The van der Waals surface area contributed by atoms with Gasteiger partial charge in [0.05, 0.1) is 18.9 Å². The van der Waals surface area contributed by atoms with Gasteiger partial charge >= 0.3 is 0 Å². The minimum atomic E-state index is -0.0994. The van der Waals surface area contributed by atoms with Gasteiger partial charge in [-0.25, -0.2) is 4.85 Å². The van der Waals surface area contributed by atoms with Crippen molar-refractivity contribution in [2.75, 3.05) is 39.3 Å². The average Bonchev–Trinajstić information content (AvgIpc) is 3.12. The number of nitrogens with zero attached hydrogens (tertiary/aromatic N) is 5. The summed E-state index contributed by atoms with van der Waals surface area (Å²) in [6.07, 6.45) is 1.71. The highest BCUT2D eigenvalue weighted by Crippen LogP contribution is 2.22. The molecule has 7 nitrogen and oxygen atoms in total. The third-order valence-electron chi connectivity index (χ3n) is 4.13. The summed E-state index contributed by atoms with van der Waals surface area (Å²) in [7, 11) is 0. The van der Waals surface area contributed by atoms with Crippen LogP contribution in [0.1, 0.15) is 10.5 Å². The normalized spacial score (nSPS) is 15.2. The molecule has 0 radical (unpaired) electrons. The molecule has 1 fully saturated rings. The molecule has 1 aliphatic rings. The van der Waals surface area contributed by atoms with Gasteiger partial charge in [-0.3, -0.25) is 14.4 Å². The first kappa shape index (κ1) is 16.2. The fraction of sp³-hybridized carbons (Fsp3) is 0.353. The van der Waals surface area contributed by atoms with Gasteiger partial charge in [-0.2, -0.15) is 5.10 Å². The Hall–Kier alpha value is -2.69. The topological polar surface area (TPSA) is 66.0 Å². The highest BCUT2D eigenvalue weighted by Gasteiger charge is 2.23. The van der Waals surface area contributed by atoms with E-state index in [0.29, 0.717) is 36.7 Å². The van der Waals surface area contributed by atoms with E-state index in [1.807, 2.05) is 12.1 Å². The molecule has 2 heterocycles. The van der Waals surface area contributed by atoms with E-state index in [1.165, 1.54) is 0 Å². The highest BCUT2D eigenvalue weighted by molar-refractivity contribution is 5.92. The maximum atomic E-state index is 12.6. The van der Waals surface area contributed by atoms with Crippen molar-refractivity contribution in [3.63, 3.8) is 0 Å². The number of hydrogen-bond donors (Lipinski definition) is 1. The van der Waals surface area contributed by atoms with E-state index in [1.54, 1.807) is 34.0 Å². The number of benzene rings is 1. The van der Waals surface area contributed by atoms with Crippen LogP contribution in [-0.4, -0.2) is 69.9 Å². The fourth-order valence-electron chi connectivity index (χ4n) is 2.80. The highest BCUT2D eigenvalue weighted by atomic mass is 16.3. The number of carbonyl (C=O) groups is 1. The second-order valence-electron chi connectivity index (χ2n) is 5.60. The molecule has 1 aromatic heterocycles. The Morgan fingerprint density at radius 1 is 1.21 bits per heavy atom. The van der Waals surface area contributed by atoms with Crippen molar-refractivity contribution in [3.05, 3.63) is 53.6 Å². The van der Waals surface area contributed by atoms with Gasteiger partial charge in [-0.15, -0.1) is 0 Å². The molecule has 24 heavy (non-hydrogen) atoms. The van der Waals surface area contributed by atoms with Crippen LogP contribution in [0.15, 0.2) is 36.5 Å². The molecule has 0 spiro atoms. The third kappa shape index (κ3) is 3.30. The van der Waals surface area contributed by atoms with E-state index in [-0.39, 0.29) is 12.5 Å². The van der Waals surface area contributed by atoms with E-state index in [4.69, 9.17) is 11.7 Å². The van der Waals surface area contributed by atoms with Crippen LogP contribution in [0.25, 0.3) is 10.5 Å². The van der Waals surface area contributed by atoms with Gasteiger partial charge in [0.15, 0.2) is 5.69 Å². The number of rotatable bonds is 4. The Balaban J connectivity index is 1.72. The van der Waals surface area contributed by atoms with Crippen LogP contribution in [0.2, 0.25) is 0 Å². The zero-order valence-electron chi connectivity index (χ0n) is 13.3. The van der Waals surface area contributed by atoms with Crippen molar-refractivity contribution in [1.82, 2.24) is 19.6 Å². The SMILES string of the molecule is [C-]#[N+]c1ccccc1-n1ccc(C(=O)N2CCN(CCO)CC2)n1. The van der Waals surface area contributed by atoms with Crippen LogP contribution in [0.5, 0.6) is 0 Å².